The Hall–Kier alpha value is -3.02. The van der Waals surface area contributed by atoms with Gasteiger partial charge in [-0.2, -0.15) is 0 Å². The first kappa shape index (κ1) is 17.4. The van der Waals surface area contributed by atoms with Gasteiger partial charge in [0.05, 0.1) is 25.7 Å². The van der Waals surface area contributed by atoms with Crippen molar-refractivity contribution >= 4 is 17.5 Å². The van der Waals surface area contributed by atoms with E-state index in [0.29, 0.717) is 13.2 Å². The second-order valence-electron chi connectivity index (χ2n) is 6.84. The van der Waals surface area contributed by atoms with Crippen LogP contribution < -0.4 is 19.7 Å². The Morgan fingerprint density at radius 1 is 1.19 bits per heavy atom. The summed E-state index contributed by atoms with van der Waals surface area (Å²) in [6.07, 6.45) is 0.953. The molecule has 140 valence electrons. The van der Waals surface area contributed by atoms with E-state index in [-0.39, 0.29) is 30.2 Å². The molecule has 2 heterocycles. The van der Waals surface area contributed by atoms with Crippen molar-refractivity contribution in [3.63, 3.8) is 0 Å². The maximum Gasteiger partial charge on any atom is 0.227 e. The molecule has 0 bridgehead atoms. The average molecular weight is 366 g/mol. The summed E-state index contributed by atoms with van der Waals surface area (Å²) in [5, 5.41) is 3.11. The van der Waals surface area contributed by atoms with E-state index in [1.165, 1.54) is 0 Å². The summed E-state index contributed by atoms with van der Waals surface area (Å²) in [6, 6.07) is 15.0. The number of fused-ring (bicyclic) bond motifs is 1. The van der Waals surface area contributed by atoms with Crippen LogP contribution in [0.25, 0.3) is 0 Å². The molecule has 4 rings (SSSR count). The van der Waals surface area contributed by atoms with Crippen molar-refractivity contribution in [3.05, 3.63) is 54.1 Å². The van der Waals surface area contributed by atoms with Gasteiger partial charge in [0, 0.05) is 30.6 Å². The Kier molecular flexibility index (Phi) is 4.71. The molecule has 2 amide bonds. The monoisotopic (exact) mass is 366 g/mol. The number of nitrogens with zero attached hydrogens (tertiary/aromatic N) is 1. The second-order valence-corrected chi connectivity index (χ2v) is 6.84. The normalized spacial score (nSPS) is 21.4. The van der Waals surface area contributed by atoms with Gasteiger partial charge in [-0.3, -0.25) is 9.59 Å². The van der Waals surface area contributed by atoms with E-state index >= 15 is 0 Å². The van der Waals surface area contributed by atoms with Crippen molar-refractivity contribution in [1.82, 2.24) is 5.32 Å². The first-order valence-electron chi connectivity index (χ1n) is 9.12. The van der Waals surface area contributed by atoms with Gasteiger partial charge < -0.3 is 19.7 Å². The molecule has 6 heteroatoms. The standard InChI is InChI=1S/C21H22N2O4/c1-26-16-8-6-15(7-9-16)23-13-14(12-20(23)24)21(25)22-18-10-11-27-19-5-3-2-4-17(18)19/h2-9,14,18H,10-13H2,1H3,(H,22,25). The van der Waals surface area contributed by atoms with E-state index < -0.39 is 0 Å². The molecule has 0 saturated carbocycles. The van der Waals surface area contributed by atoms with Crippen LogP contribution in [-0.2, 0) is 9.59 Å². The molecule has 1 N–H and O–H groups in total. The zero-order chi connectivity index (χ0) is 18.8. The van der Waals surface area contributed by atoms with E-state index in [1.807, 2.05) is 48.5 Å². The van der Waals surface area contributed by atoms with Gasteiger partial charge in [-0.25, -0.2) is 0 Å². The highest BCUT2D eigenvalue weighted by Crippen LogP contribution is 2.33. The molecular formula is C21H22N2O4. The number of ether oxygens (including phenoxy) is 2. The Labute approximate surface area is 158 Å². The van der Waals surface area contributed by atoms with Crippen molar-refractivity contribution in [2.24, 2.45) is 5.92 Å². The van der Waals surface area contributed by atoms with E-state index in [1.54, 1.807) is 12.0 Å². The van der Waals surface area contributed by atoms with E-state index in [0.717, 1.165) is 29.2 Å². The number of benzene rings is 2. The van der Waals surface area contributed by atoms with Crippen LogP contribution in [0.5, 0.6) is 11.5 Å². The zero-order valence-electron chi connectivity index (χ0n) is 15.2. The van der Waals surface area contributed by atoms with Gasteiger partial charge in [0.1, 0.15) is 11.5 Å². The number of carbonyl (C=O) groups excluding carboxylic acids is 2. The van der Waals surface area contributed by atoms with Crippen LogP contribution in [-0.4, -0.2) is 32.1 Å². The number of hydrogen-bond acceptors (Lipinski definition) is 4. The predicted molar refractivity (Wildman–Crippen MR) is 101 cm³/mol. The van der Waals surface area contributed by atoms with Crippen molar-refractivity contribution in [2.45, 2.75) is 18.9 Å². The molecule has 2 atom stereocenters. The Balaban J connectivity index is 1.44. The molecule has 2 aliphatic rings. The lowest BCUT2D eigenvalue weighted by atomic mass is 9.99. The van der Waals surface area contributed by atoms with Gasteiger partial charge >= 0.3 is 0 Å². The first-order chi connectivity index (χ1) is 13.2. The van der Waals surface area contributed by atoms with Crippen LogP contribution in [0.15, 0.2) is 48.5 Å². The SMILES string of the molecule is COc1ccc(N2CC(C(=O)NC3CCOc4ccccc43)CC2=O)cc1. The third-order valence-corrected chi connectivity index (χ3v) is 5.15. The van der Waals surface area contributed by atoms with E-state index in [2.05, 4.69) is 5.32 Å². The summed E-state index contributed by atoms with van der Waals surface area (Å²) >= 11 is 0. The third-order valence-electron chi connectivity index (χ3n) is 5.15. The molecule has 6 nitrogen and oxygen atoms in total. The molecule has 27 heavy (non-hydrogen) atoms. The summed E-state index contributed by atoms with van der Waals surface area (Å²) in [6.45, 7) is 0.964. The van der Waals surface area contributed by atoms with Crippen LogP contribution in [0, 0.1) is 5.92 Å². The lowest BCUT2D eigenvalue weighted by Gasteiger charge is -2.27. The van der Waals surface area contributed by atoms with Gasteiger partial charge in [0.15, 0.2) is 0 Å². The number of nitrogens with one attached hydrogen (secondary N) is 1. The zero-order valence-corrected chi connectivity index (χ0v) is 15.2. The highest BCUT2D eigenvalue weighted by Gasteiger charge is 2.36. The fourth-order valence-electron chi connectivity index (χ4n) is 3.68. The maximum absolute atomic E-state index is 12.8. The van der Waals surface area contributed by atoms with Crippen molar-refractivity contribution in [3.8, 4) is 11.5 Å². The molecule has 0 aliphatic carbocycles. The lowest BCUT2D eigenvalue weighted by Crippen LogP contribution is -2.37. The van der Waals surface area contributed by atoms with Crippen molar-refractivity contribution in [2.75, 3.05) is 25.2 Å². The molecule has 1 saturated heterocycles. The van der Waals surface area contributed by atoms with Crippen LogP contribution in [0.1, 0.15) is 24.4 Å². The molecule has 2 aromatic rings. The van der Waals surface area contributed by atoms with Crippen molar-refractivity contribution < 1.29 is 19.1 Å². The number of rotatable bonds is 4. The van der Waals surface area contributed by atoms with Crippen LogP contribution >= 0.6 is 0 Å². The fourth-order valence-corrected chi connectivity index (χ4v) is 3.68. The Bertz CT molecular complexity index is 850. The minimum Gasteiger partial charge on any atom is -0.497 e. The third kappa shape index (κ3) is 3.47. The molecule has 0 spiro atoms. The smallest absolute Gasteiger partial charge is 0.227 e. The molecule has 1 fully saturated rings. The van der Waals surface area contributed by atoms with Crippen LogP contribution in [0.3, 0.4) is 0 Å². The highest BCUT2D eigenvalue weighted by atomic mass is 16.5. The molecule has 2 aliphatic heterocycles. The summed E-state index contributed by atoms with van der Waals surface area (Å²) in [5.74, 6) is 1.08. The molecule has 0 aromatic heterocycles. The quantitative estimate of drug-likeness (QED) is 0.903. The number of hydrogen-bond donors (Lipinski definition) is 1. The topological polar surface area (TPSA) is 67.9 Å². The minimum atomic E-state index is -0.352. The van der Waals surface area contributed by atoms with Crippen LogP contribution in [0.2, 0.25) is 0 Å². The van der Waals surface area contributed by atoms with Gasteiger partial charge in [0.25, 0.3) is 0 Å². The van der Waals surface area contributed by atoms with E-state index in [4.69, 9.17) is 9.47 Å². The molecule has 2 unspecified atom stereocenters. The number of carbonyl (C=O) groups is 2. The fraction of sp³-hybridized carbons (Fsp3) is 0.333. The average Bonchev–Trinajstić information content (AvgIpc) is 3.10. The number of anilines is 1. The predicted octanol–water partition coefficient (Wildman–Crippen LogP) is 2.69. The second kappa shape index (κ2) is 7.31. The highest BCUT2D eigenvalue weighted by molar-refractivity contribution is 6.00. The summed E-state index contributed by atoms with van der Waals surface area (Å²) < 4.78 is 10.8. The van der Waals surface area contributed by atoms with Gasteiger partial charge in [-0.1, -0.05) is 18.2 Å². The van der Waals surface area contributed by atoms with Crippen LogP contribution in [0.4, 0.5) is 5.69 Å². The summed E-state index contributed by atoms with van der Waals surface area (Å²) in [4.78, 5) is 26.9. The van der Waals surface area contributed by atoms with Gasteiger partial charge in [0.2, 0.25) is 11.8 Å². The number of methoxy groups -OCH3 is 1. The lowest BCUT2D eigenvalue weighted by molar-refractivity contribution is -0.127. The van der Waals surface area contributed by atoms with E-state index in [9.17, 15) is 9.59 Å². The van der Waals surface area contributed by atoms with Gasteiger partial charge in [-0.15, -0.1) is 0 Å². The number of amides is 2. The molecule has 0 radical (unpaired) electrons. The number of para-hydroxylation sites is 1. The largest absolute Gasteiger partial charge is 0.497 e. The molecule has 2 aromatic carbocycles. The summed E-state index contributed by atoms with van der Waals surface area (Å²) in [7, 11) is 1.60. The minimum absolute atomic E-state index is 0.0345. The summed E-state index contributed by atoms with van der Waals surface area (Å²) in [5.41, 5.74) is 1.78. The maximum atomic E-state index is 12.8. The molecular weight excluding hydrogens is 344 g/mol. The first-order valence-corrected chi connectivity index (χ1v) is 9.12. The van der Waals surface area contributed by atoms with Crippen molar-refractivity contribution in [1.29, 1.82) is 0 Å². The Morgan fingerprint density at radius 3 is 2.74 bits per heavy atom. The Morgan fingerprint density at radius 2 is 1.96 bits per heavy atom. The van der Waals surface area contributed by atoms with Gasteiger partial charge in [-0.05, 0) is 30.3 Å².